The zero-order valence-electron chi connectivity index (χ0n) is 15.3. The maximum Gasteiger partial charge on any atom is 0.432 e. The number of halogens is 3. The smallest absolute Gasteiger partial charge is 0.338 e. The van der Waals surface area contributed by atoms with Gasteiger partial charge in [-0.25, -0.2) is 19.4 Å². The zero-order valence-corrected chi connectivity index (χ0v) is 15.3. The van der Waals surface area contributed by atoms with Gasteiger partial charge in [-0.2, -0.15) is 13.2 Å². The number of nitrogens with one attached hydrogen (secondary N) is 2. The molecule has 1 atom stereocenters. The average molecular weight is 385 g/mol. The van der Waals surface area contributed by atoms with Crippen LogP contribution in [0.5, 0.6) is 0 Å². The lowest BCUT2D eigenvalue weighted by Gasteiger charge is -2.31. The number of rotatable bonds is 2. The Kier molecular flexibility index (Phi) is 4.87. The molecule has 1 unspecified atom stereocenters. The molecule has 0 aliphatic carbocycles. The summed E-state index contributed by atoms with van der Waals surface area (Å²) in [6.07, 6.45) is -0.808. The van der Waals surface area contributed by atoms with E-state index in [1.807, 2.05) is 20.8 Å². The van der Waals surface area contributed by atoms with E-state index >= 15 is 0 Å². The second-order valence-electron chi connectivity index (χ2n) is 7.58. The molecule has 11 heteroatoms. The summed E-state index contributed by atoms with van der Waals surface area (Å²) in [5.74, 6) is 0.157. The van der Waals surface area contributed by atoms with Crippen LogP contribution in [-0.4, -0.2) is 48.8 Å². The summed E-state index contributed by atoms with van der Waals surface area (Å²) in [4.78, 5) is 24.3. The molecule has 1 aliphatic rings. The average Bonchev–Trinajstić information content (AvgIpc) is 3.23. The molecule has 0 bridgehead atoms. The van der Waals surface area contributed by atoms with Crippen LogP contribution in [-0.2, 0) is 11.7 Å². The summed E-state index contributed by atoms with van der Waals surface area (Å²) < 4.78 is 39.9. The first-order valence-corrected chi connectivity index (χ1v) is 8.64. The van der Waals surface area contributed by atoms with Crippen LogP contribution in [0.25, 0.3) is 0 Å². The number of hydrogen-bond acceptors (Lipinski definition) is 4. The van der Waals surface area contributed by atoms with E-state index in [2.05, 4.69) is 25.4 Å². The molecule has 2 amide bonds. The van der Waals surface area contributed by atoms with Gasteiger partial charge in [-0.3, -0.25) is 5.32 Å². The molecule has 1 fully saturated rings. The molecular weight excluding hydrogens is 363 g/mol. The number of carbonyl (C=O) groups excluding carboxylic acids is 1. The van der Waals surface area contributed by atoms with Crippen molar-refractivity contribution in [3.8, 4) is 0 Å². The van der Waals surface area contributed by atoms with Crippen LogP contribution in [0, 0.1) is 0 Å². The van der Waals surface area contributed by atoms with E-state index in [1.54, 1.807) is 9.58 Å². The van der Waals surface area contributed by atoms with Crippen molar-refractivity contribution in [3.63, 3.8) is 0 Å². The Bertz CT molecular complexity index is 806. The molecule has 1 saturated heterocycles. The molecule has 3 rings (SSSR count). The van der Waals surface area contributed by atoms with Gasteiger partial charge in [-0.1, -0.05) is 0 Å². The lowest BCUT2D eigenvalue weighted by molar-refractivity contribution is -0.141. The third-order valence-electron chi connectivity index (χ3n) is 4.39. The Morgan fingerprint density at radius 1 is 1.30 bits per heavy atom. The van der Waals surface area contributed by atoms with Crippen LogP contribution in [0.2, 0.25) is 0 Å². The number of anilines is 1. The third kappa shape index (κ3) is 4.40. The number of imidazole rings is 1. The lowest BCUT2D eigenvalue weighted by Crippen LogP contribution is -2.42. The summed E-state index contributed by atoms with van der Waals surface area (Å²) in [5.41, 5.74) is -1.14. The zero-order chi connectivity index (χ0) is 19.8. The van der Waals surface area contributed by atoms with E-state index in [0.717, 1.165) is 6.20 Å². The van der Waals surface area contributed by atoms with Crippen LogP contribution in [0.3, 0.4) is 0 Å². The molecule has 0 saturated carbocycles. The van der Waals surface area contributed by atoms with Crippen molar-refractivity contribution >= 4 is 12.0 Å². The minimum atomic E-state index is -4.46. The Hall–Kier alpha value is -2.59. The van der Waals surface area contributed by atoms with E-state index < -0.39 is 11.9 Å². The number of aromatic amines is 1. The molecule has 148 valence electrons. The fourth-order valence-corrected chi connectivity index (χ4v) is 2.89. The highest BCUT2D eigenvalue weighted by Crippen LogP contribution is 2.31. The maximum atomic E-state index is 12.7. The van der Waals surface area contributed by atoms with E-state index in [4.69, 9.17) is 0 Å². The minimum absolute atomic E-state index is 0.189. The van der Waals surface area contributed by atoms with E-state index in [-0.39, 0.29) is 35.8 Å². The van der Waals surface area contributed by atoms with Crippen molar-refractivity contribution in [2.45, 2.75) is 51.2 Å². The lowest BCUT2D eigenvalue weighted by atomic mass is 9.98. The largest absolute Gasteiger partial charge is 0.432 e. The second kappa shape index (κ2) is 6.86. The van der Waals surface area contributed by atoms with Gasteiger partial charge in [0.1, 0.15) is 17.8 Å². The number of aromatic nitrogens is 5. The molecule has 0 spiro atoms. The highest BCUT2D eigenvalue weighted by atomic mass is 19.4. The topological polar surface area (TPSA) is 91.7 Å². The minimum Gasteiger partial charge on any atom is -0.338 e. The number of likely N-dealkylation sites (tertiary alicyclic amines) is 1. The number of carbonyl (C=O) groups is 1. The molecule has 2 aromatic heterocycles. The molecule has 27 heavy (non-hydrogen) atoms. The van der Waals surface area contributed by atoms with Crippen molar-refractivity contribution in [1.29, 1.82) is 0 Å². The summed E-state index contributed by atoms with van der Waals surface area (Å²) in [7, 11) is 0. The molecule has 0 aromatic carbocycles. The standard InChI is InChI=1S/C16H22F3N7O/c1-15(2,3)26-9-21-13(24-26)23-14(27)25-6-4-5-10(8-25)12-20-7-11(22-12)16(17,18)19/h7,9-10H,4-6,8H2,1-3H3,(H,20,22)(H,23,24,27). The van der Waals surface area contributed by atoms with Gasteiger partial charge in [0.2, 0.25) is 5.95 Å². The third-order valence-corrected chi connectivity index (χ3v) is 4.39. The van der Waals surface area contributed by atoms with Crippen molar-refractivity contribution < 1.29 is 18.0 Å². The van der Waals surface area contributed by atoms with Crippen molar-refractivity contribution in [2.75, 3.05) is 18.4 Å². The van der Waals surface area contributed by atoms with Crippen LogP contribution in [0.4, 0.5) is 23.9 Å². The van der Waals surface area contributed by atoms with Gasteiger partial charge in [0.05, 0.1) is 11.7 Å². The summed E-state index contributed by atoms with van der Waals surface area (Å²) in [6.45, 7) is 6.66. The first-order valence-electron chi connectivity index (χ1n) is 8.64. The number of nitrogens with zero attached hydrogens (tertiary/aromatic N) is 5. The highest BCUT2D eigenvalue weighted by Gasteiger charge is 2.35. The molecule has 8 nitrogen and oxygen atoms in total. The summed E-state index contributed by atoms with van der Waals surface area (Å²) in [5, 5.41) is 6.87. The van der Waals surface area contributed by atoms with Gasteiger partial charge in [-0.05, 0) is 33.6 Å². The van der Waals surface area contributed by atoms with Crippen LogP contribution < -0.4 is 5.32 Å². The number of H-pyrrole nitrogens is 1. The summed E-state index contributed by atoms with van der Waals surface area (Å²) >= 11 is 0. The van der Waals surface area contributed by atoms with Crippen LogP contribution in [0.15, 0.2) is 12.5 Å². The second-order valence-corrected chi connectivity index (χ2v) is 7.58. The molecule has 0 radical (unpaired) electrons. The molecule has 1 aliphatic heterocycles. The van der Waals surface area contributed by atoms with Crippen molar-refractivity contribution in [3.05, 3.63) is 24.0 Å². The van der Waals surface area contributed by atoms with Gasteiger partial charge in [0.25, 0.3) is 0 Å². The van der Waals surface area contributed by atoms with E-state index in [1.165, 1.54) is 6.33 Å². The monoisotopic (exact) mass is 385 g/mol. The maximum absolute atomic E-state index is 12.7. The first-order chi connectivity index (χ1) is 12.5. The fourth-order valence-electron chi connectivity index (χ4n) is 2.89. The van der Waals surface area contributed by atoms with Crippen LogP contribution in [0.1, 0.15) is 51.0 Å². The number of urea groups is 1. The van der Waals surface area contributed by atoms with E-state index in [0.29, 0.717) is 19.4 Å². The number of amides is 2. The summed E-state index contributed by atoms with van der Waals surface area (Å²) in [6, 6.07) is -0.381. The molecule has 2 N–H and O–H groups in total. The van der Waals surface area contributed by atoms with Crippen molar-refractivity contribution in [1.82, 2.24) is 29.6 Å². The van der Waals surface area contributed by atoms with Gasteiger partial charge >= 0.3 is 12.2 Å². The highest BCUT2D eigenvalue weighted by molar-refractivity contribution is 5.87. The fraction of sp³-hybridized carbons (Fsp3) is 0.625. The van der Waals surface area contributed by atoms with Gasteiger partial charge in [0.15, 0.2) is 0 Å². The molecule has 3 heterocycles. The normalized spacial score (nSPS) is 18.6. The molecule has 2 aromatic rings. The van der Waals surface area contributed by atoms with Crippen LogP contribution >= 0.6 is 0 Å². The Labute approximate surface area is 154 Å². The molecular formula is C16H22F3N7O. The van der Waals surface area contributed by atoms with Crippen molar-refractivity contribution in [2.24, 2.45) is 0 Å². The van der Waals surface area contributed by atoms with Gasteiger partial charge < -0.3 is 9.88 Å². The SMILES string of the molecule is CC(C)(C)n1cnc(NC(=O)N2CCCC(c3ncc(C(F)(F)F)[nH]3)C2)n1. The Morgan fingerprint density at radius 2 is 2.04 bits per heavy atom. The van der Waals surface area contributed by atoms with Gasteiger partial charge in [0, 0.05) is 19.0 Å². The number of alkyl halides is 3. The quantitative estimate of drug-likeness (QED) is 0.831. The number of piperidine rings is 1. The van der Waals surface area contributed by atoms with E-state index in [9.17, 15) is 18.0 Å². The Morgan fingerprint density at radius 3 is 2.63 bits per heavy atom. The first kappa shape index (κ1) is 19.2. The predicted octanol–water partition coefficient (Wildman–Crippen LogP) is 3.19. The van der Waals surface area contributed by atoms with Gasteiger partial charge in [-0.15, -0.1) is 5.10 Å². The predicted molar refractivity (Wildman–Crippen MR) is 91.2 cm³/mol. The Balaban J connectivity index is 1.64. The number of hydrogen-bond donors (Lipinski definition) is 2.